The Morgan fingerprint density at radius 2 is 1.19 bits per heavy atom. The molecule has 0 spiro atoms. The van der Waals surface area contributed by atoms with Crippen molar-refractivity contribution in [1.82, 2.24) is 4.98 Å². The average molecular weight is 513 g/mol. The van der Waals surface area contributed by atoms with E-state index in [-0.39, 0.29) is 11.5 Å². The molecule has 0 fully saturated rings. The zero-order valence-corrected chi connectivity index (χ0v) is 23.0. The van der Waals surface area contributed by atoms with Gasteiger partial charge in [0.1, 0.15) is 11.5 Å². The van der Waals surface area contributed by atoms with Gasteiger partial charge in [-0.05, 0) is 60.4 Å². The molecule has 0 radical (unpaired) electrons. The fourth-order valence-electron chi connectivity index (χ4n) is 3.79. The average Bonchev–Trinajstić information content (AvgIpc) is 3.64. The number of thiol groups is 1. The molecule has 3 N–H and O–H groups in total. The molecule has 0 saturated carbocycles. The molecule has 4 aromatic rings. The Bertz CT molecular complexity index is 1350. The van der Waals surface area contributed by atoms with Crippen molar-refractivity contribution < 1.29 is 10.2 Å². The van der Waals surface area contributed by atoms with Crippen LogP contribution in [0.25, 0.3) is 16.8 Å². The molecule has 1 aliphatic heterocycles. The lowest BCUT2D eigenvalue weighted by atomic mass is 10.0. The number of phenolic OH excluding ortho intramolecular Hbond substituents is 2. The van der Waals surface area contributed by atoms with Gasteiger partial charge in [-0.2, -0.15) is 12.6 Å². The second-order valence-electron chi connectivity index (χ2n) is 7.28. The lowest BCUT2D eigenvalue weighted by molar-refractivity contribution is 0.474. The molecule has 0 aliphatic carbocycles. The molecule has 0 unspecified atom stereocenters. The Labute approximate surface area is 226 Å². The third kappa shape index (κ3) is 7.05. The Morgan fingerprint density at radius 1 is 0.649 bits per heavy atom. The minimum atomic E-state index is 0.204. The predicted molar refractivity (Wildman–Crippen MR) is 162 cm³/mol. The summed E-state index contributed by atoms with van der Waals surface area (Å²) in [6.07, 6.45) is 5.57. The number of hydrogen-bond acceptors (Lipinski definition) is 4. The van der Waals surface area contributed by atoms with Gasteiger partial charge in [0.2, 0.25) is 0 Å². The van der Waals surface area contributed by atoms with Crippen molar-refractivity contribution in [3.8, 4) is 22.8 Å². The van der Waals surface area contributed by atoms with E-state index in [4.69, 9.17) is 4.99 Å². The maximum absolute atomic E-state index is 10.2. The Balaban J connectivity index is 0.000000750. The van der Waals surface area contributed by atoms with Crippen molar-refractivity contribution >= 4 is 23.9 Å². The molecule has 192 valence electrons. The first-order valence-electron chi connectivity index (χ1n) is 12.5. The largest absolute Gasteiger partial charge is 0.507 e. The van der Waals surface area contributed by atoms with Crippen LogP contribution in [-0.4, -0.2) is 27.2 Å². The van der Waals surface area contributed by atoms with E-state index < -0.39 is 0 Å². The molecule has 3 aromatic carbocycles. The summed E-state index contributed by atoms with van der Waals surface area (Å²) in [7, 11) is 0. The lowest BCUT2D eigenvalue weighted by Crippen LogP contribution is -1.95. The highest BCUT2D eigenvalue weighted by Gasteiger charge is 2.18. The van der Waals surface area contributed by atoms with Crippen LogP contribution in [0.15, 0.2) is 114 Å². The standard InChI is InChI=1S/C27H20N2O2.2C2H6.CH4S/c30-25-12-6-4-10-19(25)21-14-16-23(28-21)27(18-8-2-1-3-9-18)24-17-15-22(29-24)20-11-5-7-13-26(20)31;3*1-2/h1-17,28,30-31H;2*1-2H3;2H,1H3/b27-24-;;;. The number of aliphatic imine (C=N–C) groups is 1. The van der Waals surface area contributed by atoms with Crippen molar-refractivity contribution in [2.75, 3.05) is 6.26 Å². The predicted octanol–water partition coefficient (Wildman–Crippen LogP) is 8.51. The molecule has 1 aromatic heterocycles. The first-order valence-corrected chi connectivity index (χ1v) is 13.4. The second kappa shape index (κ2) is 15.2. The number of aromatic nitrogens is 1. The molecule has 4 nitrogen and oxygen atoms in total. The zero-order valence-electron chi connectivity index (χ0n) is 22.1. The van der Waals surface area contributed by atoms with E-state index in [1.165, 1.54) is 0 Å². The lowest BCUT2D eigenvalue weighted by Gasteiger charge is -2.09. The molecule has 5 rings (SSSR count). The van der Waals surface area contributed by atoms with Crippen LogP contribution in [0.3, 0.4) is 0 Å². The SMILES string of the molecule is CC.CC.CS.Oc1ccccc1C1=N/C(=C(/c2ccccc2)c2ccc(-c3ccccc3O)[nH]2)C=C1. The van der Waals surface area contributed by atoms with Crippen LogP contribution in [0.4, 0.5) is 0 Å². The summed E-state index contributed by atoms with van der Waals surface area (Å²) in [6, 6.07) is 28.5. The molecule has 0 bridgehead atoms. The Morgan fingerprint density at radius 3 is 1.78 bits per heavy atom. The monoisotopic (exact) mass is 512 g/mol. The third-order valence-corrected chi connectivity index (χ3v) is 5.29. The van der Waals surface area contributed by atoms with E-state index in [0.717, 1.165) is 33.8 Å². The summed E-state index contributed by atoms with van der Waals surface area (Å²) in [6.45, 7) is 8.00. The van der Waals surface area contributed by atoms with Crippen molar-refractivity contribution in [2.45, 2.75) is 27.7 Å². The van der Waals surface area contributed by atoms with E-state index >= 15 is 0 Å². The topological polar surface area (TPSA) is 68.6 Å². The highest BCUT2D eigenvalue weighted by atomic mass is 32.1. The zero-order chi connectivity index (χ0) is 27.2. The number of aromatic hydroxyl groups is 2. The number of phenols is 2. The van der Waals surface area contributed by atoms with Crippen molar-refractivity contribution in [3.63, 3.8) is 0 Å². The van der Waals surface area contributed by atoms with Crippen molar-refractivity contribution in [2.24, 2.45) is 4.99 Å². The van der Waals surface area contributed by atoms with Crippen LogP contribution in [-0.2, 0) is 0 Å². The molecule has 1 aliphatic rings. The summed E-state index contributed by atoms with van der Waals surface area (Å²) >= 11 is 3.53. The fraction of sp³-hybridized carbons (Fsp3) is 0.156. The smallest absolute Gasteiger partial charge is 0.124 e. The van der Waals surface area contributed by atoms with Crippen molar-refractivity contribution in [3.05, 3.63) is 126 Å². The van der Waals surface area contributed by atoms with Gasteiger partial charge in [0.05, 0.1) is 11.4 Å². The van der Waals surface area contributed by atoms with E-state index in [2.05, 4.69) is 17.6 Å². The fourth-order valence-corrected chi connectivity index (χ4v) is 3.79. The van der Waals surface area contributed by atoms with Gasteiger partial charge in [-0.15, -0.1) is 0 Å². The van der Waals surface area contributed by atoms with Gasteiger partial charge in [0.25, 0.3) is 0 Å². The number of H-pyrrole nitrogens is 1. The van der Waals surface area contributed by atoms with Crippen LogP contribution in [0.2, 0.25) is 0 Å². The minimum Gasteiger partial charge on any atom is -0.507 e. The molecule has 37 heavy (non-hydrogen) atoms. The number of benzene rings is 3. The van der Waals surface area contributed by atoms with E-state index in [1.807, 2.05) is 107 Å². The van der Waals surface area contributed by atoms with Crippen LogP contribution in [0.5, 0.6) is 11.5 Å². The van der Waals surface area contributed by atoms with Gasteiger partial charge in [-0.3, -0.25) is 0 Å². The number of nitrogens with zero attached hydrogens (tertiary/aromatic N) is 1. The van der Waals surface area contributed by atoms with E-state index in [9.17, 15) is 10.2 Å². The molecule has 5 heteroatoms. The highest BCUT2D eigenvalue weighted by molar-refractivity contribution is 7.79. The quantitative estimate of drug-likeness (QED) is 0.207. The highest BCUT2D eigenvalue weighted by Crippen LogP contribution is 2.34. The van der Waals surface area contributed by atoms with Gasteiger partial charge < -0.3 is 15.2 Å². The number of nitrogens with one attached hydrogen (secondary N) is 1. The van der Waals surface area contributed by atoms with Crippen LogP contribution in [0, 0.1) is 0 Å². The number of rotatable bonds is 4. The molecular weight excluding hydrogens is 476 g/mol. The van der Waals surface area contributed by atoms with Crippen LogP contribution >= 0.6 is 12.6 Å². The van der Waals surface area contributed by atoms with Gasteiger partial charge >= 0.3 is 0 Å². The second-order valence-corrected chi connectivity index (χ2v) is 7.28. The first kappa shape index (κ1) is 29.3. The number of para-hydroxylation sites is 2. The van der Waals surface area contributed by atoms with Crippen molar-refractivity contribution in [1.29, 1.82) is 0 Å². The number of allylic oxidation sites excluding steroid dienone is 2. The molecule has 0 amide bonds. The first-order chi connectivity index (χ1) is 18.2. The van der Waals surface area contributed by atoms with Gasteiger partial charge in [0, 0.05) is 28.1 Å². The number of aromatic amines is 1. The minimum absolute atomic E-state index is 0.204. The summed E-state index contributed by atoms with van der Waals surface area (Å²) in [5, 5.41) is 20.5. The summed E-state index contributed by atoms with van der Waals surface area (Å²) in [5.41, 5.74) is 6.65. The van der Waals surface area contributed by atoms with Gasteiger partial charge in [-0.1, -0.05) is 82.3 Å². The Kier molecular flexibility index (Phi) is 12.0. The molecule has 0 saturated heterocycles. The molecule has 2 heterocycles. The summed E-state index contributed by atoms with van der Waals surface area (Å²) < 4.78 is 0. The van der Waals surface area contributed by atoms with E-state index in [1.54, 1.807) is 30.5 Å². The Hall–Kier alpha value is -3.96. The normalized spacial score (nSPS) is 12.6. The van der Waals surface area contributed by atoms with Crippen LogP contribution < -0.4 is 0 Å². The maximum Gasteiger partial charge on any atom is 0.124 e. The summed E-state index contributed by atoms with van der Waals surface area (Å²) in [4.78, 5) is 8.27. The van der Waals surface area contributed by atoms with Crippen LogP contribution in [0.1, 0.15) is 44.5 Å². The summed E-state index contributed by atoms with van der Waals surface area (Å²) in [5.74, 6) is 0.431. The van der Waals surface area contributed by atoms with Gasteiger partial charge in [-0.25, -0.2) is 4.99 Å². The van der Waals surface area contributed by atoms with Gasteiger partial charge in [0.15, 0.2) is 0 Å². The molecular formula is C32H36N2O2S. The van der Waals surface area contributed by atoms with E-state index in [0.29, 0.717) is 11.3 Å². The third-order valence-electron chi connectivity index (χ3n) is 5.29. The maximum atomic E-state index is 10.2. The number of hydrogen-bond donors (Lipinski definition) is 4. The molecule has 0 atom stereocenters.